The van der Waals surface area contributed by atoms with E-state index in [1.807, 2.05) is 43.1 Å². The molecule has 1 N–H and O–H groups in total. The zero-order valence-electron chi connectivity index (χ0n) is 15.8. The van der Waals surface area contributed by atoms with Crippen molar-refractivity contribution in [1.82, 2.24) is 29.8 Å². The van der Waals surface area contributed by atoms with Crippen LogP contribution < -0.4 is 5.32 Å². The number of amides is 2. The molecule has 1 fully saturated rings. The number of nitrogens with zero attached hydrogens (tertiary/aromatic N) is 5. The van der Waals surface area contributed by atoms with Crippen LogP contribution in [-0.4, -0.2) is 55.9 Å². The van der Waals surface area contributed by atoms with Crippen molar-refractivity contribution in [3.63, 3.8) is 0 Å². The Bertz CT molecular complexity index is 816. The number of aryl methyl sites for hydroxylation is 3. The van der Waals surface area contributed by atoms with Gasteiger partial charge in [-0.15, -0.1) is 0 Å². The predicted molar refractivity (Wildman–Crippen MR) is 96.7 cm³/mol. The molecule has 8 nitrogen and oxygen atoms in total. The molecule has 2 aromatic heterocycles. The highest BCUT2D eigenvalue weighted by atomic mass is 16.2. The Hall–Kier alpha value is -2.64. The van der Waals surface area contributed by atoms with Gasteiger partial charge in [-0.3, -0.25) is 19.0 Å². The van der Waals surface area contributed by atoms with Gasteiger partial charge in [-0.1, -0.05) is 0 Å². The molecule has 2 amide bonds. The van der Waals surface area contributed by atoms with Crippen molar-refractivity contribution in [3.8, 4) is 0 Å². The van der Waals surface area contributed by atoms with E-state index in [9.17, 15) is 9.59 Å². The maximum Gasteiger partial charge on any atom is 0.257 e. The summed E-state index contributed by atoms with van der Waals surface area (Å²) in [6, 6.07) is 1.93. The summed E-state index contributed by atoms with van der Waals surface area (Å²) < 4.78 is 3.69. The standard InChI is InChI=1S/C18H26N6O2/c1-5-23-14(4)16(13(3)21-23)18(26)22-10-15(11-22)17(25)19-8-9-24-12(2)6-7-20-24/h6-7,15H,5,8-11H2,1-4H3,(H,19,25). The zero-order chi connectivity index (χ0) is 18.8. The van der Waals surface area contributed by atoms with Crippen molar-refractivity contribution < 1.29 is 9.59 Å². The molecule has 1 saturated heterocycles. The fourth-order valence-electron chi connectivity index (χ4n) is 3.34. The normalized spacial score (nSPS) is 14.4. The molecule has 140 valence electrons. The first-order valence-corrected chi connectivity index (χ1v) is 9.01. The van der Waals surface area contributed by atoms with Crippen molar-refractivity contribution >= 4 is 11.8 Å². The molecule has 26 heavy (non-hydrogen) atoms. The maximum atomic E-state index is 12.7. The number of likely N-dealkylation sites (tertiary alicyclic amines) is 1. The van der Waals surface area contributed by atoms with Gasteiger partial charge in [0.05, 0.1) is 23.7 Å². The number of aromatic nitrogens is 4. The van der Waals surface area contributed by atoms with Crippen LogP contribution in [0.25, 0.3) is 0 Å². The lowest BCUT2D eigenvalue weighted by molar-refractivity contribution is -0.129. The lowest BCUT2D eigenvalue weighted by atomic mass is 9.97. The lowest BCUT2D eigenvalue weighted by Crippen LogP contribution is -2.56. The molecule has 8 heteroatoms. The van der Waals surface area contributed by atoms with E-state index in [4.69, 9.17) is 0 Å². The summed E-state index contributed by atoms with van der Waals surface area (Å²) in [5.41, 5.74) is 3.37. The number of rotatable bonds is 6. The SMILES string of the molecule is CCn1nc(C)c(C(=O)N2CC(C(=O)NCCn3nccc3C)C2)c1C. The van der Waals surface area contributed by atoms with Gasteiger partial charge in [0, 0.05) is 43.8 Å². The number of hydrogen-bond donors (Lipinski definition) is 1. The summed E-state index contributed by atoms with van der Waals surface area (Å²) in [4.78, 5) is 26.7. The van der Waals surface area contributed by atoms with Gasteiger partial charge in [0.1, 0.15) is 0 Å². The Balaban J connectivity index is 1.49. The minimum absolute atomic E-state index is 0.00319. The third kappa shape index (κ3) is 3.36. The second kappa shape index (κ2) is 7.31. The highest BCUT2D eigenvalue weighted by Crippen LogP contribution is 2.22. The van der Waals surface area contributed by atoms with Gasteiger partial charge >= 0.3 is 0 Å². The Morgan fingerprint density at radius 3 is 2.54 bits per heavy atom. The highest BCUT2D eigenvalue weighted by Gasteiger charge is 2.37. The quantitative estimate of drug-likeness (QED) is 0.832. The van der Waals surface area contributed by atoms with Crippen LogP contribution >= 0.6 is 0 Å². The number of hydrogen-bond acceptors (Lipinski definition) is 4. The monoisotopic (exact) mass is 358 g/mol. The summed E-state index contributed by atoms with van der Waals surface area (Å²) in [6.07, 6.45) is 1.75. The molecule has 2 aromatic rings. The van der Waals surface area contributed by atoms with Crippen molar-refractivity contribution in [2.24, 2.45) is 5.92 Å². The Morgan fingerprint density at radius 1 is 1.23 bits per heavy atom. The van der Waals surface area contributed by atoms with Crippen molar-refractivity contribution in [2.75, 3.05) is 19.6 Å². The van der Waals surface area contributed by atoms with Crippen LogP contribution in [0.5, 0.6) is 0 Å². The molecule has 0 spiro atoms. The van der Waals surface area contributed by atoms with E-state index in [0.29, 0.717) is 31.7 Å². The van der Waals surface area contributed by atoms with Crippen molar-refractivity contribution in [1.29, 1.82) is 0 Å². The first kappa shape index (κ1) is 18.2. The molecule has 0 aromatic carbocycles. The number of carbonyl (C=O) groups excluding carboxylic acids is 2. The molecular formula is C18H26N6O2. The minimum atomic E-state index is -0.139. The molecule has 0 radical (unpaired) electrons. The van der Waals surface area contributed by atoms with Gasteiger partial charge in [0.25, 0.3) is 5.91 Å². The topological polar surface area (TPSA) is 85.0 Å². The van der Waals surface area contributed by atoms with Crippen LogP contribution in [0, 0.1) is 26.7 Å². The Morgan fingerprint density at radius 2 is 1.96 bits per heavy atom. The van der Waals surface area contributed by atoms with Crippen LogP contribution in [0.4, 0.5) is 0 Å². The van der Waals surface area contributed by atoms with E-state index >= 15 is 0 Å². The van der Waals surface area contributed by atoms with E-state index in [-0.39, 0.29) is 17.7 Å². The fourth-order valence-corrected chi connectivity index (χ4v) is 3.34. The third-order valence-corrected chi connectivity index (χ3v) is 4.99. The predicted octanol–water partition coefficient (Wildman–Crippen LogP) is 0.913. The van der Waals surface area contributed by atoms with Crippen LogP contribution in [0.2, 0.25) is 0 Å². The molecule has 0 atom stereocenters. The zero-order valence-corrected chi connectivity index (χ0v) is 15.8. The summed E-state index contributed by atoms with van der Waals surface area (Å²) >= 11 is 0. The first-order valence-electron chi connectivity index (χ1n) is 9.01. The molecule has 3 rings (SSSR count). The van der Waals surface area contributed by atoms with Crippen LogP contribution in [-0.2, 0) is 17.9 Å². The maximum absolute atomic E-state index is 12.7. The largest absolute Gasteiger partial charge is 0.354 e. The first-order chi connectivity index (χ1) is 12.4. The Kier molecular flexibility index (Phi) is 5.11. The van der Waals surface area contributed by atoms with Crippen LogP contribution in [0.1, 0.15) is 34.4 Å². The average molecular weight is 358 g/mol. The molecule has 0 aliphatic carbocycles. The number of nitrogens with one attached hydrogen (secondary N) is 1. The van der Waals surface area contributed by atoms with E-state index in [0.717, 1.165) is 23.6 Å². The molecule has 0 saturated carbocycles. The second-order valence-corrected chi connectivity index (χ2v) is 6.76. The molecule has 0 unspecified atom stereocenters. The highest BCUT2D eigenvalue weighted by molar-refractivity contribution is 5.98. The Labute approximate surface area is 153 Å². The van der Waals surface area contributed by atoms with Gasteiger partial charge < -0.3 is 10.2 Å². The van der Waals surface area contributed by atoms with Gasteiger partial charge in [0.2, 0.25) is 5.91 Å². The van der Waals surface area contributed by atoms with Gasteiger partial charge in [-0.25, -0.2) is 0 Å². The molecule has 1 aliphatic rings. The van der Waals surface area contributed by atoms with Crippen LogP contribution in [0.15, 0.2) is 12.3 Å². The fraction of sp³-hybridized carbons (Fsp3) is 0.556. The summed E-state index contributed by atoms with van der Waals surface area (Å²) in [5.74, 6) is -0.174. The summed E-state index contributed by atoms with van der Waals surface area (Å²) in [7, 11) is 0. The smallest absolute Gasteiger partial charge is 0.257 e. The summed E-state index contributed by atoms with van der Waals surface area (Å²) in [6.45, 7) is 10.6. The third-order valence-electron chi connectivity index (χ3n) is 4.99. The summed E-state index contributed by atoms with van der Waals surface area (Å²) in [5, 5.41) is 11.5. The van der Waals surface area contributed by atoms with E-state index in [1.165, 1.54) is 0 Å². The average Bonchev–Trinajstić information content (AvgIpc) is 3.08. The van der Waals surface area contributed by atoms with Crippen molar-refractivity contribution in [2.45, 2.75) is 40.8 Å². The second-order valence-electron chi connectivity index (χ2n) is 6.76. The van der Waals surface area contributed by atoms with Gasteiger partial charge in [0.15, 0.2) is 0 Å². The van der Waals surface area contributed by atoms with Crippen LogP contribution in [0.3, 0.4) is 0 Å². The molecule has 0 bridgehead atoms. The van der Waals surface area contributed by atoms with Gasteiger partial charge in [-0.2, -0.15) is 10.2 Å². The molecular weight excluding hydrogens is 332 g/mol. The van der Waals surface area contributed by atoms with E-state index in [1.54, 1.807) is 11.1 Å². The molecule has 1 aliphatic heterocycles. The van der Waals surface area contributed by atoms with Gasteiger partial charge in [-0.05, 0) is 33.8 Å². The molecule has 3 heterocycles. The number of carbonyl (C=O) groups is 2. The van der Waals surface area contributed by atoms with Crippen molar-refractivity contribution in [3.05, 3.63) is 34.9 Å². The van der Waals surface area contributed by atoms with E-state index < -0.39 is 0 Å². The van der Waals surface area contributed by atoms with E-state index in [2.05, 4.69) is 15.5 Å². The lowest BCUT2D eigenvalue weighted by Gasteiger charge is -2.38. The minimum Gasteiger partial charge on any atom is -0.354 e.